The summed E-state index contributed by atoms with van der Waals surface area (Å²) in [6, 6.07) is 4.80. The highest BCUT2D eigenvalue weighted by Gasteiger charge is 2.29. The van der Waals surface area contributed by atoms with E-state index in [-0.39, 0.29) is 23.7 Å². The molecule has 0 bridgehead atoms. The molecule has 1 heterocycles. The molecule has 1 aliphatic rings. The van der Waals surface area contributed by atoms with Crippen LogP contribution in [-0.2, 0) is 11.2 Å². The lowest BCUT2D eigenvalue weighted by molar-refractivity contribution is -0.123. The average Bonchev–Trinajstić information content (AvgIpc) is 2.34. The second kappa shape index (κ2) is 5.48. The van der Waals surface area contributed by atoms with Crippen LogP contribution in [0.5, 0.6) is 0 Å². The Kier molecular flexibility index (Phi) is 3.97. The summed E-state index contributed by atoms with van der Waals surface area (Å²) in [5.74, 6) is -0.648. The van der Waals surface area contributed by atoms with Gasteiger partial charge >= 0.3 is 0 Å². The van der Waals surface area contributed by atoms with E-state index in [2.05, 4.69) is 5.32 Å². The SMILES string of the molecule is Cc1ccc(F)cc1CC1NCCCC1C(N)=O. The predicted octanol–water partition coefficient (Wildman–Crippen LogP) is 1.53. The normalized spacial score (nSPS) is 23.9. The van der Waals surface area contributed by atoms with E-state index in [1.54, 1.807) is 12.1 Å². The molecule has 1 saturated heterocycles. The minimum atomic E-state index is -0.263. The summed E-state index contributed by atoms with van der Waals surface area (Å²) in [6.07, 6.45) is 2.44. The summed E-state index contributed by atoms with van der Waals surface area (Å²) in [6.45, 7) is 2.85. The topological polar surface area (TPSA) is 55.1 Å². The first-order valence-electron chi connectivity index (χ1n) is 6.35. The molecule has 0 spiro atoms. The van der Waals surface area contributed by atoms with Gasteiger partial charge in [-0.3, -0.25) is 4.79 Å². The molecule has 1 fully saturated rings. The van der Waals surface area contributed by atoms with E-state index in [4.69, 9.17) is 5.73 Å². The molecular weight excluding hydrogens is 231 g/mol. The van der Waals surface area contributed by atoms with Crippen molar-refractivity contribution in [3.63, 3.8) is 0 Å². The van der Waals surface area contributed by atoms with Gasteiger partial charge in [0.25, 0.3) is 0 Å². The Morgan fingerprint density at radius 1 is 1.56 bits per heavy atom. The van der Waals surface area contributed by atoms with Gasteiger partial charge in [0.15, 0.2) is 0 Å². The number of carbonyl (C=O) groups excluding carboxylic acids is 1. The van der Waals surface area contributed by atoms with E-state index < -0.39 is 0 Å². The first-order valence-corrected chi connectivity index (χ1v) is 6.35. The Morgan fingerprint density at radius 2 is 2.33 bits per heavy atom. The fraction of sp³-hybridized carbons (Fsp3) is 0.500. The lowest BCUT2D eigenvalue weighted by atomic mass is 9.85. The van der Waals surface area contributed by atoms with E-state index in [1.807, 2.05) is 6.92 Å². The number of nitrogens with one attached hydrogen (secondary N) is 1. The Bertz CT molecular complexity index is 447. The Hall–Kier alpha value is -1.42. The highest BCUT2D eigenvalue weighted by molar-refractivity contribution is 5.77. The van der Waals surface area contributed by atoms with Crippen LogP contribution in [0.15, 0.2) is 18.2 Å². The maximum absolute atomic E-state index is 13.2. The zero-order valence-corrected chi connectivity index (χ0v) is 10.6. The summed E-state index contributed by atoms with van der Waals surface area (Å²) in [5, 5.41) is 3.32. The van der Waals surface area contributed by atoms with Gasteiger partial charge in [0.2, 0.25) is 5.91 Å². The van der Waals surface area contributed by atoms with Crippen LogP contribution in [-0.4, -0.2) is 18.5 Å². The molecule has 0 aliphatic carbocycles. The van der Waals surface area contributed by atoms with Crippen molar-refractivity contribution in [3.8, 4) is 0 Å². The zero-order valence-electron chi connectivity index (χ0n) is 10.6. The molecule has 3 N–H and O–H groups in total. The molecule has 1 amide bonds. The van der Waals surface area contributed by atoms with Crippen LogP contribution in [0.3, 0.4) is 0 Å². The molecule has 4 heteroatoms. The largest absolute Gasteiger partial charge is 0.369 e. The number of nitrogens with two attached hydrogens (primary N) is 1. The number of halogens is 1. The second-order valence-electron chi connectivity index (χ2n) is 4.99. The fourth-order valence-electron chi connectivity index (χ4n) is 2.60. The van der Waals surface area contributed by atoms with Gasteiger partial charge in [-0.1, -0.05) is 6.07 Å². The summed E-state index contributed by atoms with van der Waals surface area (Å²) in [5.41, 5.74) is 7.42. The number of hydrogen-bond donors (Lipinski definition) is 2. The highest BCUT2D eigenvalue weighted by atomic mass is 19.1. The number of aryl methyl sites for hydroxylation is 1. The van der Waals surface area contributed by atoms with Gasteiger partial charge in [0, 0.05) is 6.04 Å². The maximum Gasteiger partial charge on any atom is 0.222 e. The summed E-state index contributed by atoms with van der Waals surface area (Å²) in [4.78, 5) is 11.4. The van der Waals surface area contributed by atoms with Crippen molar-refractivity contribution in [1.82, 2.24) is 5.32 Å². The minimum Gasteiger partial charge on any atom is -0.369 e. The van der Waals surface area contributed by atoms with Crippen LogP contribution in [0.2, 0.25) is 0 Å². The average molecular weight is 250 g/mol. The minimum absolute atomic E-state index is 0.0248. The number of carbonyl (C=O) groups is 1. The first kappa shape index (κ1) is 13.0. The van der Waals surface area contributed by atoms with Crippen molar-refractivity contribution in [3.05, 3.63) is 35.1 Å². The molecule has 0 radical (unpaired) electrons. The fourth-order valence-corrected chi connectivity index (χ4v) is 2.60. The molecule has 1 aromatic carbocycles. The molecule has 98 valence electrons. The van der Waals surface area contributed by atoms with Crippen molar-refractivity contribution in [1.29, 1.82) is 0 Å². The first-order chi connectivity index (χ1) is 8.58. The Morgan fingerprint density at radius 3 is 3.06 bits per heavy atom. The van der Waals surface area contributed by atoms with Crippen molar-refractivity contribution in [2.45, 2.75) is 32.2 Å². The summed E-state index contributed by atoms with van der Waals surface area (Å²) >= 11 is 0. The molecular formula is C14H19FN2O. The molecule has 0 saturated carbocycles. The van der Waals surface area contributed by atoms with Gasteiger partial charge in [0.05, 0.1) is 5.92 Å². The summed E-state index contributed by atoms with van der Waals surface area (Å²) in [7, 11) is 0. The van der Waals surface area contributed by atoms with E-state index in [9.17, 15) is 9.18 Å². The zero-order chi connectivity index (χ0) is 13.1. The van der Waals surface area contributed by atoms with Gasteiger partial charge < -0.3 is 11.1 Å². The van der Waals surface area contributed by atoms with Crippen LogP contribution in [0.25, 0.3) is 0 Å². The van der Waals surface area contributed by atoms with Crippen molar-refractivity contribution < 1.29 is 9.18 Å². The highest BCUT2D eigenvalue weighted by Crippen LogP contribution is 2.21. The van der Waals surface area contributed by atoms with E-state index >= 15 is 0 Å². The number of primary amides is 1. The lowest BCUT2D eigenvalue weighted by Crippen LogP contribution is -2.48. The van der Waals surface area contributed by atoms with Crippen LogP contribution in [0, 0.1) is 18.7 Å². The van der Waals surface area contributed by atoms with E-state index in [0.717, 1.165) is 30.5 Å². The van der Waals surface area contributed by atoms with Gasteiger partial charge in [-0.15, -0.1) is 0 Å². The van der Waals surface area contributed by atoms with E-state index in [1.165, 1.54) is 6.07 Å². The van der Waals surface area contributed by atoms with Crippen LogP contribution < -0.4 is 11.1 Å². The number of rotatable bonds is 3. The van der Waals surface area contributed by atoms with Gasteiger partial charge in [-0.05, 0) is 56.0 Å². The van der Waals surface area contributed by atoms with Crippen LogP contribution in [0.1, 0.15) is 24.0 Å². The third-order valence-corrected chi connectivity index (χ3v) is 3.70. The third-order valence-electron chi connectivity index (χ3n) is 3.70. The monoisotopic (exact) mass is 250 g/mol. The molecule has 2 unspecified atom stereocenters. The molecule has 1 aromatic rings. The molecule has 1 aliphatic heterocycles. The second-order valence-corrected chi connectivity index (χ2v) is 4.99. The molecule has 18 heavy (non-hydrogen) atoms. The predicted molar refractivity (Wildman–Crippen MR) is 68.6 cm³/mol. The van der Waals surface area contributed by atoms with Crippen molar-refractivity contribution >= 4 is 5.91 Å². The molecule has 2 atom stereocenters. The van der Waals surface area contributed by atoms with Gasteiger partial charge in [-0.2, -0.15) is 0 Å². The van der Waals surface area contributed by atoms with Gasteiger partial charge in [0.1, 0.15) is 5.82 Å². The standard InChI is InChI=1S/C14H19FN2O/c1-9-4-5-11(15)7-10(9)8-13-12(14(16)18)3-2-6-17-13/h4-5,7,12-13,17H,2-3,6,8H2,1H3,(H2,16,18). The molecule has 0 aromatic heterocycles. The van der Waals surface area contributed by atoms with Crippen molar-refractivity contribution in [2.24, 2.45) is 11.7 Å². The Labute approximate surface area is 107 Å². The smallest absolute Gasteiger partial charge is 0.222 e. The number of benzene rings is 1. The van der Waals surface area contributed by atoms with E-state index in [0.29, 0.717) is 6.42 Å². The quantitative estimate of drug-likeness (QED) is 0.854. The van der Waals surface area contributed by atoms with Crippen LogP contribution >= 0.6 is 0 Å². The van der Waals surface area contributed by atoms with Gasteiger partial charge in [-0.25, -0.2) is 4.39 Å². The number of piperidine rings is 1. The maximum atomic E-state index is 13.2. The van der Waals surface area contributed by atoms with Crippen molar-refractivity contribution in [2.75, 3.05) is 6.54 Å². The lowest BCUT2D eigenvalue weighted by Gasteiger charge is -2.31. The number of hydrogen-bond acceptors (Lipinski definition) is 2. The third kappa shape index (κ3) is 2.88. The Balaban J connectivity index is 2.15. The molecule has 3 nitrogen and oxygen atoms in total. The summed E-state index contributed by atoms with van der Waals surface area (Å²) < 4.78 is 13.2. The number of amides is 1. The van der Waals surface area contributed by atoms with Crippen LogP contribution in [0.4, 0.5) is 4.39 Å². The molecule has 2 rings (SSSR count).